The van der Waals surface area contributed by atoms with Crippen LogP contribution in [-0.4, -0.2) is 25.1 Å². The lowest BCUT2D eigenvalue weighted by Gasteiger charge is -2.08. The van der Waals surface area contributed by atoms with Gasteiger partial charge in [0, 0.05) is 5.56 Å². The molecule has 0 unspecified atom stereocenters. The number of benzene rings is 1. The fourth-order valence-electron chi connectivity index (χ4n) is 1.15. The second-order valence-corrected chi connectivity index (χ2v) is 3.31. The molecule has 0 atom stereocenters. The molecule has 2 amide bonds. The summed E-state index contributed by atoms with van der Waals surface area (Å²) in [7, 11) is 0. The summed E-state index contributed by atoms with van der Waals surface area (Å²) in [6.45, 7) is 2.55. The topological polar surface area (TPSA) is 58.5 Å². The molecule has 0 aliphatic carbocycles. The Morgan fingerprint density at radius 1 is 1.33 bits per heavy atom. The minimum absolute atomic E-state index is 0.179. The SMILES string of the molecule is C=NC(=O)CNC(=O)c1cccc(C(F)(F)F)c1. The minimum atomic E-state index is -4.52. The van der Waals surface area contributed by atoms with Crippen molar-refractivity contribution in [1.29, 1.82) is 0 Å². The molecule has 0 fully saturated rings. The molecule has 1 aromatic rings. The summed E-state index contributed by atoms with van der Waals surface area (Å²) in [6, 6.07) is 3.90. The lowest BCUT2D eigenvalue weighted by atomic mass is 10.1. The average molecular weight is 258 g/mol. The minimum Gasteiger partial charge on any atom is -0.343 e. The lowest BCUT2D eigenvalue weighted by molar-refractivity contribution is -0.137. The number of halogens is 3. The normalized spacial score (nSPS) is 10.8. The molecular weight excluding hydrogens is 249 g/mol. The highest BCUT2D eigenvalue weighted by atomic mass is 19.4. The van der Waals surface area contributed by atoms with Gasteiger partial charge in [-0.25, -0.2) is 4.99 Å². The van der Waals surface area contributed by atoms with E-state index in [1.165, 1.54) is 6.07 Å². The fraction of sp³-hybridized carbons (Fsp3) is 0.182. The second-order valence-electron chi connectivity index (χ2n) is 3.31. The number of alkyl halides is 3. The predicted octanol–water partition coefficient (Wildman–Crippen LogP) is 1.66. The van der Waals surface area contributed by atoms with Gasteiger partial charge in [0.15, 0.2) is 0 Å². The molecule has 0 aromatic heterocycles. The van der Waals surface area contributed by atoms with E-state index in [-0.39, 0.29) is 5.56 Å². The number of aliphatic imine (C=N–C) groups is 1. The van der Waals surface area contributed by atoms with Crippen LogP contribution in [0.3, 0.4) is 0 Å². The van der Waals surface area contributed by atoms with Crippen LogP contribution in [0.2, 0.25) is 0 Å². The zero-order valence-corrected chi connectivity index (χ0v) is 9.12. The Hall–Kier alpha value is -2.18. The van der Waals surface area contributed by atoms with Crippen molar-refractivity contribution in [1.82, 2.24) is 5.32 Å². The van der Waals surface area contributed by atoms with E-state index in [1.807, 2.05) is 0 Å². The molecule has 1 aromatic carbocycles. The van der Waals surface area contributed by atoms with Gasteiger partial charge in [-0.3, -0.25) is 9.59 Å². The van der Waals surface area contributed by atoms with Crippen LogP contribution in [-0.2, 0) is 11.0 Å². The van der Waals surface area contributed by atoms with Crippen LogP contribution in [0.1, 0.15) is 15.9 Å². The third-order valence-electron chi connectivity index (χ3n) is 2.03. The second kappa shape index (κ2) is 5.44. The highest BCUT2D eigenvalue weighted by Gasteiger charge is 2.30. The molecule has 0 spiro atoms. The molecule has 0 saturated heterocycles. The number of nitrogens with zero attached hydrogens (tertiary/aromatic N) is 1. The molecule has 0 bridgehead atoms. The molecule has 1 rings (SSSR count). The standard InChI is InChI=1S/C11H9F3N2O2/c1-15-9(17)6-16-10(18)7-3-2-4-8(5-7)11(12,13)14/h2-5H,1,6H2,(H,16,18). The summed E-state index contributed by atoms with van der Waals surface area (Å²) in [5.41, 5.74) is -1.11. The van der Waals surface area contributed by atoms with Crippen LogP contribution in [0.15, 0.2) is 29.3 Å². The monoisotopic (exact) mass is 258 g/mol. The third-order valence-corrected chi connectivity index (χ3v) is 2.03. The summed E-state index contributed by atoms with van der Waals surface area (Å²) in [4.78, 5) is 25.2. The Bertz CT molecular complexity index is 483. The van der Waals surface area contributed by atoms with E-state index in [4.69, 9.17) is 0 Å². The zero-order valence-electron chi connectivity index (χ0n) is 9.12. The molecule has 0 heterocycles. The van der Waals surface area contributed by atoms with Crippen molar-refractivity contribution in [2.75, 3.05) is 6.54 Å². The van der Waals surface area contributed by atoms with Crippen molar-refractivity contribution >= 4 is 18.5 Å². The number of nitrogens with one attached hydrogen (secondary N) is 1. The average Bonchev–Trinajstić information content (AvgIpc) is 2.34. The van der Waals surface area contributed by atoms with E-state index < -0.39 is 30.1 Å². The van der Waals surface area contributed by atoms with Crippen LogP contribution in [0.25, 0.3) is 0 Å². The molecule has 7 heteroatoms. The summed E-state index contributed by atoms with van der Waals surface area (Å²) in [6.07, 6.45) is -4.52. The number of hydrogen-bond acceptors (Lipinski definition) is 2. The summed E-state index contributed by atoms with van der Waals surface area (Å²) in [5, 5.41) is 2.14. The highest BCUT2D eigenvalue weighted by Crippen LogP contribution is 2.29. The van der Waals surface area contributed by atoms with Crippen LogP contribution in [0.5, 0.6) is 0 Å². The first-order valence-electron chi connectivity index (χ1n) is 4.79. The van der Waals surface area contributed by atoms with Gasteiger partial charge in [-0.2, -0.15) is 13.2 Å². The van der Waals surface area contributed by atoms with Crippen molar-refractivity contribution in [3.63, 3.8) is 0 Å². The summed E-state index contributed by atoms with van der Waals surface area (Å²) >= 11 is 0. The lowest BCUT2D eigenvalue weighted by Crippen LogP contribution is -2.28. The van der Waals surface area contributed by atoms with E-state index >= 15 is 0 Å². The Morgan fingerprint density at radius 3 is 2.56 bits per heavy atom. The highest BCUT2D eigenvalue weighted by molar-refractivity contribution is 5.97. The van der Waals surface area contributed by atoms with E-state index in [9.17, 15) is 22.8 Å². The van der Waals surface area contributed by atoms with E-state index in [0.29, 0.717) is 6.07 Å². The predicted molar refractivity (Wildman–Crippen MR) is 58.3 cm³/mol. The first-order valence-corrected chi connectivity index (χ1v) is 4.79. The molecule has 18 heavy (non-hydrogen) atoms. The Balaban J connectivity index is 2.81. The first kappa shape index (κ1) is 13.9. The third kappa shape index (κ3) is 3.69. The van der Waals surface area contributed by atoms with Crippen molar-refractivity contribution < 1.29 is 22.8 Å². The van der Waals surface area contributed by atoms with Gasteiger partial charge in [0.05, 0.1) is 12.1 Å². The maximum atomic E-state index is 12.4. The van der Waals surface area contributed by atoms with Gasteiger partial charge in [0.2, 0.25) is 0 Å². The summed E-state index contributed by atoms with van der Waals surface area (Å²) < 4.78 is 37.2. The Labute approximate surface area is 101 Å². The zero-order chi connectivity index (χ0) is 13.8. The molecular formula is C11H9F3N2O2. The maximum Gasteiger partial charge on any atom is 0.416 e. The molecule has 1 N–H and O–H groups in total. The fourth-order valence-corrected chi connectivity index (χ4v) is 1.15. The van der Waals surface area contributed by atoms with Crippen LogP contribution < -0.4 is 5.32 Å². The maximum absolute atomic E-state index is 12.4. The number of carbonyl (C=O) groups is 2. The molecule has 0 aliphatic heterocycles. The van der Waals surface area contributed by atoms with Crippen molar-refractivity contribution in [3.8, 4) is 0 Å². The number of amides is 2. The van der Waals surface area contributed by atoms with E-state index in [1.54, 1.807) is 0 Å². The smallest absolute Gasteiger partial charge is 0.343 e. The Morgan fingerprint density at radius 2 is 2.00 bits per heavy atom. The molecule has 0 radical (unpaired) electrons. The first-order chi connectivity index (χ1) is 8.34. The Kier molecular flexibility index (Phi) is 4.19. The van der Waals surface area contributed by atoms with Gasteiger partial charge in [0.1, 0.15) is 0 Å². The van der Waals surface area contributed by atoms with Crippen LogP contribution in [0, 0.1) is 0 Å². The summed E-state index contributed by atoms with van der Waals surface area (Å²) in [5.74, 6) is -1.45. The van der Waals surface area contributed by atoms with E-state index in [0.717, 1.165) is 12.1 Å². The van der Waals surface area contributed by atoms with Crippen molar-refractivity contribution in [2.24, 2.45) is 4.99 Å². The molecule has 96 valence electrons. The van der Waals surface area contributed by atoms with Gasteiger partial charge >= 0.3 is 6.18 Å². The van der Waals surface area contributed by atoms with Gasteiger partial charge in [-0.1, -0.05) is 6.07 Å². The molecule has 0 aliphatic rings. The number of hydrogen-bond donors (Lipinski definition) is 1. The van der Waals surface area contributed by atoms with Gasteiger partial charge in [-0.15, -0.1) is 0 Å². The van der Waals surface area contributed by atoms with Crippen LogP contribution >= 0.6 is 0 Å². The van der Waals surface area contributed by atoms with Crippen LogP contribution in [0.4, 0.5) is 13.2 Å². The molecule has 4 nitrogen and oxygen atoms in total. The molecule has 0 saturated carbocycles. The largest absolute Gasteiger partial charge is 0.416 e. The van der Waals surface area contributed by atoms with Gasteiger partial charge < -0.3 is 5.32 Å². The van der Waals surface area contributed by atoms with Gasteiger partial charge in [0.25, 0.3) is 11.8 Å². The van der Waals surface area contributed by atoms with Crippen molar-refractivity contribution in [2.45, 2.75) is 6.18 Å². The number of carbonyl (C=O) groups excluding carboxylic acids is 2. The van der Waals surface area contributed by atoms with Crippen molar-refractivity contribution in [3.05, 3.63) is 35.4 Å². The van der Waals surface area contributed by atoms with E-state index in [2.05, 4.69) is 17.0 Å². The quantitative estimate of drug-likeness (QED) is 0.838. The van der Waals surface area contributed by atoms with Gasteiger partial charge in [-0.05, 0) is 24.9 Å². The number of rotatable bonds is 3.